The Balaban J connectivity index is 0.000000810. The molecule has 0 atom stereocenters. The van der Waals surface area contributed by atoms with Gasteiger partial charge in [-0.3, -0.25) is 4.79 Å². The lowest BCUT2D eigenvalue weighted by Gasteiger charge is -1.87. The highest BCUT2D eigenvalue weighted by Gasteiger charge is 1.97. The fourth-order valence-electron chi connectivity index (χ4n) is 0.433. The van der Waals surface area contributed by atoms with Gasteiger partial charge in [-0.15, -0.1) is 17.5 Å². The fourth-order valence-corrected chi connectivity index (χ4v) is 0.433. The molecule has 10 heavy (non-hydrogen) atoms. The van der Waals surface area contributed by atoms with Gasteiger partial charge < -0.3 is 5.73 Å². The molecule has 2 N–H and O–H groups in total. The number of primary amides is 1. The molecule has 1 amide bonds. The van der Waals surface area contributed by atoms with E-state index in [-0.39, 0.29) is 18.1 Å². The van der Waals surface area contributed by atoms with Gasteiger partial charge in [-0.1, -0.05) is 0 Å². The second-order valence-corrected chi connectivity index (χ2v) is 1.47. The van der Waals surface area contributed by atoms with Crippen molar-refractivity contribution in [3.05, 3.63) is 24.0 Å². The molecule has 0 saturated carbocycles. The molecule has 0 bridgehead atoms. The van der Waals surface area contributed by atoms with E-state index in [1.807, 2.05) is 0 Å². The van der Waals surface area contributed by atoms with Crippen LogP contribution in [0.1, 0.15) is 10.5 Å². The van der Waals surface area contributed by atoms with Crippen LogP contribution in [-0.4, -0.2) is 16.1 Å². The summed E-state index contributed by atoms with van der Waals surface area (Å²) in [6.07, 6.45) is 1.48. The van der Waals surface area contributed by atoms with Gasteiger partial charge in [-0.2, -0.15) is 5.10 Å². The Labute approximate surface area is 63.9 Å². The lowest BCUT2D eigenvalue weighted by molar-refractivity contribution is 0.0994. The van der Waals surface area contributed by atoms with Gasteiger partial charge in [0.2, 0.25) is 0 Å². The van der Waals surface area contributed by atoms with Crippen molar-refractivity contribution in [1.82, 2.24) is 10.2 Å². The van der Waals surface area contributed by atoms with Crippen molar-refractivity contribution in [3.8, 4) is 0 Å². The van der Waals surface area contributed by atoms with Crippen molar-refractivity contribution in [1.29, 1.82) is 0 Å². The van der Waals surface area contributed by atoms with Crippen molar-refractivity contribution in [3.63, 3.8) is 0 Å². The Morgan fingerprint density at radius 2 is 2.30 bits per heavy atom. The van der Waals surface area contributed by atoms with Crippen LogP contribution in [0, 0.1) is 0 Å². The lowest BCUT2D eigenvalue weighted by atomic mass is 10.4. The van der Waals surface area contributed by atoms with E-state index in [0.29, 0.717) is 0 Å². The number of amides is 1. The van der Waals surface area contributed by atoms with Crippen LogP contribution in [0.25, 0.3) is 0 Å². The summed E-state index contributed by atoms with van der Waals surface area (Å²) in [4.78, 5) is 10.3. The van der Waals surface area contributed by atoms with E-state index >= 15 is 0 Å². The molecular formula is C5H6ClN3O. The molecule has 0 unspecified atom stereocenters. The summed E-state index contributed by atoms with van der Waals surface area (Å²) >= 11 is 0. The molecule has 5 heteroatoms. The topological polar surface area (TPSA) is 68.9 Å². The Morgan fingerprint density at radius 1 is 1.60 bits per heavy atom. The third kappa shape index (κ3) is 1.99. The molecule has 0 radical (unpaired) electrons. The molecule has 0 aromatic carbocycles. The number of hydrogen-bond donors (Lipinski definition) is 1. The van der Waals surface area contributed by atoms with Crippen LogP contribution in [-0.2, 0) is 0 Å². The monoisotopic (exact) mass is 159 g/mol. The number of halogens is 1. The first-order chi connectivity index (χ1) is 4.30. The van der Waals surface area contributed by atoms with E-state index < -0.39 is 5.91 Å². The first-order valence-corrected chi connectivity index (χ1v) is 2.38. The predicted molar refractivity (Wildman–Crippen MR) is 37.8 cm³/mol. The summed E-state index contributed by atoms with van der Waals surface area (Å²) in [5.74, 6) is -0.553. The molecule has 1 rings (SSSR count). The van der Waals surface area contributed by atoms with E-state index in [9.17, 15) is 4.79 Å². The zero-order valence-corrected chi connectivity index (χ0v) is 5.84. The van der Waals surface area contributed by atoms with Gasteiger partial charge in [-0.05, 0) is 12.1 Å². The standard InChI is InChI=1S/C5H5N3O.ClH/c6-5(9)4-2-1-3-7-8-4;/h1-3H,(H2,6,9);1H. The van der Waals surface area contributed by atoms with E-state index in [0.717, 1.165) is 0 Å². The van der Waals surface area contributed by atoms with Crippen molar-refractivity contribution in [2.75, 3.05) is 0 Å². The largest absolute Gasteiger partial charge is 0.364 e. The third-order valence-corrected chi connectivity index (χ3v) is 0.825. The summed E-state index contributed by atoms with van der Waals surface area (Å²) in [6.45, 7) is 0. The first-order valence-electron chi connectivity index (χ1n) is 2.38. The highest BCUT2D eigenvalue weighted by Crippen LogP contribution is 1.86. The Kier molecular flexibility index (Phi) is 3.35. The Morgan fingerprint density at radius 3 is 2.60 bits per heavy atom. The predicted octanol–water partition coefficient (Wildman–Crippen LogP) is -0.00270. The second kappa shape index (κ2) is 3.79. The zero-order valence-electron chi connectivity index (χ0n) is 5.02. The fraction of sp³-hybridized carbons (Fsp3) is 0. The SMILES string of the molecule is Cl.NC(=O)c1cccnn1. The van der Waals surface area contributed by atoms with Crippen molar-refractivity contribution in [2.45, 2.75) is 0 Å². The Hall–Kier alpha value is -1.16. The van der Waals surface area contributed by atoms with Gasteiger partial charge in [0.05, 0.1) is 0 Å². The highest BCUT2D eigenvalue weighted by atomic mass is 35.5. The van der Waals surface area contributed by atoms with Crippen molar-refractivity contribution >= 4 is 18.3 Å². The number of nitrogens with zero attached hydrogens (tertiary/aromatic N) is 2. The zero-order chi connectivity index (χ0) is 6.69. The maximum atomic E-state index is 10.3. The average Bonchev–Trinajstić information content (AvgIpc) is 1.90. The number of carbonyl (C=O) groups excluding carboxylic acids is 1. The number of carbonyl (C=O) groups is 1. The van der Waals surface area contributed by atoms with Crippen molar-refractivity contribution < 1.29 is 4.79 Å². The first kappa shape index (κ1) is 8.84. The molecule has 4 nitrogen and oxygen atoms in total. The third-order valence-electron chi connectivity index (χ3n) is 0.825. The number of hydrogen-bond acceptors (Lipinski definition) is 3. The molecule has 0 spiro atoms. The molecule has 0 aliphatic carbocycles. The van der Waals surface area contributed by atoms with Gasteiger partial charge >= 0.3 is 0 Å². The molecule has 0 aliphatic rings. The van der Waals surface area contributed by atoms with Crippen LogP contribution in [0.15, 0.2) is 18.3 Å². The van der Waals surface area contributed by atoms with Crippen LogP contribution in [0.2, 0.25) is 0 Å². The van der Waals surface area contributed by atoms with E-state index in [1.54, 1.807) is 6.07 Å². The summed E-state index contributed by atoms with van der Waals surface area (Å²) in [5.41, 5.74) is 5.06. The molecule has 1 aromatic heterocycles. The molecule has 0 saturated heterocycles. The van der Waals surface area contributed by atoms with E-state index in [2.05, 4.69) is 10.2 Å². The van der Waals surface area contributed by atoms with Crippen LogP contribution in [0.5, 0.6) is 0 Å². The minimum Gasteiger partial charge on any atom is -0.364 e. The summed E-state index contributed by atoms with van der Waals surface area (Å²) in [7, 11) is 0. The molecule has 0 aliphatic heterocycles. The summed E-state index contributed by atoms with van der Waals surface area (Å²) in [6, 6.07) is 3.11. The minimum atomic E-state index is -0.553. The van der Waals surface area contributed by atoms with Crippen LogP contribution >= 0.6 is 12.4 Å². The maximum Gasteiger partial charge on any atom is 0.269 e. The lowest BCUT2D eigenvalue weighted by Crippen LogP contribution is -2.12. The number of nitrogens with two attached hydrogens (primary N) is 1. The van der Waals surface area contributed by atoms with Gasteiger partial charge in [-0.25, -0.2) is 0 Å². The summed E-state index contributed by atoms with van der Waals surface area (Å²) < 4.78 is 0. The molecular weight excluding hydrogens is 154 g/mol. The minimum absolute atomic E-state index is 0. The molecule has 0 fully saturated rings. The maximum absolute atomic E-state index is 10.3. The van der Waals surface area contributed by atoms with Crippen LogP contribution < -0.4 is 5.73 Å². The van der Waals surface area contributed by atoms with Gasteiger partial charge in [0.25, 0.3) is 5.91 Å². The van der Waals surface area contributed by atoms with E-state index in [4.69, 9.17) is 5.73 Å². The summed E-state index contributed by atoms with van der Waals surface area (Å²) in [5, 5.41) is 6.91. The number of aromatic nitrogens is 2. The molecule has 1 aromatic rings. The molecule has 54 valence electrons. The molecule has 1 heterocycles. The van der Waals surface area contributed by atoms with Gasteiger partial charge in [0.1, 0.15) is 0 Å². The van der Waals surface area contributed by atoms with Crippen LogP contribution in [0.3, 0.4) is 0 Å². The van der Waals surface area contributed by atoms with Crippen LogP contribution in [0.4, 0.5) is 0 Å². The van der Waals surface area contributed by atoms with E-state index in [1.165, 1.54) is 12.3 Å². The van der Waals surface area contributed by atoms with Gasteiger partial charge in [0.15, 0.2) is 5.69 Å². The van der Waals surface area contributed by atoms with Gasteiger partial charge in [0, 0.05) is 6.20 Å². The average molecular weight is 160 g/mol. The quantitative estimate of drug-likeness (QED) is 0.627. The second-order valence-electron chi connectivity index (χ2n) is 1.47. The normalized spacial score (nSPS) is 8.00. The van der Waals surface area contributed by atoms with Crippen molar-refractivity contribution in [2.24, 2.45) is 5.73 Å². The smallest absolute Gasteiger partial charge is 0.269 e. The highest BCUT2D eigenvalue weighted by molar-refractivity contribution is 5.90. The number of rotatable bonds is 1. The Bertz CT molecular complexity index is 213.